The smallest absolute Gasteiger partial charge is 0.124 e. The fourth-order valence-electron chi connectivity index (χ4n) is 5.36. The number of fused-ring (bicyclic) bond motifs is 3. The summed E-state index contributed by atoms with van der Waals surface area (Å²) in [6.45, 7) is 0.703. The molecule has 2 heteroatoms. The van der Waals surface area contributed by atoms with Gasteiger partial charge >= 0.3 is 0 Å². The molecule has 0 spiro atoms. The Morgan fingerprint density at radius 3 is 2.33 bits per heavy atom. The number of benzene rings is 3. The molecule has 0 amide bonds. The zero-order chi connectivity index (χ0) is 19.9. The monoisotopic (exact) mass is 396 g/mol. The van der Waals surface area contributed by atoms with Crippen molar-refractivity contribution in [1.29, 1.82) is 0 Å². The average molecular weight is 397 g/mol. The van der Waals surface area contributed by atoms with Gasteiger partial charge in [-0.15, -0.1) is 0 Å². The van der Waals surface area contributed by atoms with Crippen molar-refractivity contribution in [1.82, 2.24) is 0 Å². The van der Waals surface area contributed by atoms with Crippen LogP contribution in [0, 0.1) is 0 Å². The molecule has 2 heterocycles. The van der Waals surface area contributed by atoms with E-state index >= 15 is 0 Å². The highest BCUT2D eigenvalue weighted by molar-refractivity contribution is 5.43. The topological polar surface area (TPSA) is 18.5 Å². The van der Waals surface area contributed by atoms with Gasteiger partial charge in [-0.2, -0.15) is 0 Å². The van der Waals surface area contributed by atoms with E-state index in [4.69, 9.17) is 9.47 Å². The van der Waals surface area contributed by atoms with Crippen molar-refractivity contribution in [2.45, 2.75) is 63.8 Å². The third-order valence-corrected chi connectivity index (χ3v) is 7.11. The molecule has 1 aliphatic carbocycles. The maximum atomic E-state index is 6.47. The predicted molar refractivity (Wildman–Crippen MR) is 119 cm³/mol. The van der Waals surface area contributed by atoms with Crippen molar-refractivity contribution in [2.24, 2.45) is 0 Å². The molecule has 0 aromatic heterocycles. The van der Waals surface area contributed by atoms with Crippen LogP contribution < -0.4 is 4.74 Å². The van der Waals surface area contributed by atoms with Gasteiger partial charge in [-0.25, -0.2) is 0 Å². The first-order valence-corrected chi connectivity index (χ1v) is 11.4. The lowest BCUT2D eigenvalue weighted by Crippen LogP contribution is -2.18. The molecule has 152 valence electrons. The van der Waals surface area contributed by atoms with E-state index in [0.717, 1.165) is 25.0 Å². The maximum absolute atomic E-state index is 6.47. The fraction of sp³-hybridized carbons (Fsp3) is 0.357. The van der Waals surface area contributed by atoms with Crippen molar-refractivity contribution in [2.75, 3.05) is 0 Å². The Hall–Kier alpha value is -2.58. The third kappa shape index (κ3) is 3.33. The van der Waals surface area contributed by atoms with Crippen molar-refractivity contribution in [3.8, 4) is 5.75 Å². The molecule has 6 rings (SSSR count). The summed E-state index contributed by atoms with van der Waals surface area (Å²) in [5, 5.41) is 0. The van der Waals surface area contributed by atoms with E-state index in [1.807, 2.05) is 0 Å². The van der Waals surface area contributed by atoms with Crippen molar-refractivity contribution in [3.05, 3.63) is 99.6 Å². The Balaban J connectivity index is 1.21. The average Bonchev–Trinajstić information content (AvgIpc) is 2.83. The highest BCUT2D eigenvalue weighted by Gasteiger charge is 2.25. The van der Waals surface area contributed by atoms with Crippen LogP contribution in [0.15, 0.2) is 60.7 Å². The maximum Gasteiger partial charge on any atom is 0.124 e. The van der Waals surface area contributed by atoms with Crippen LogP contribution >= 0.6 is 0 Å². The van der Waals surface area contributed by atoms with E-state index in [9.17, 15) is 0 Å². The van der Waals surface area contributed by atoms with Gasteiger partial charge in [0.15, 0.2) is 0 Å². The van der Waals surface area contributed by atoms with Gasteiger partial charge < -0.3 is 9.47 Å². The lowest BCUT2D eigenvalue weighted by molar-refractivity contribution is 0.0273. The molecule has 3 aromatic carbocycles. The molecule has 0 radical (unpaired) electrons. The van der Waals surface area contributed by atoms with Crippen LogP contribution in [0.1, 0.15) is 70.4 Å². The van der Waals surface area contributed by atoms with E-state index in [1.165, 1.54) is 53.5 Å². The second-order valence-corrected chi connectivity index (χ2v) is 9.02. The summed E-state index contributed by atoms with van der Waals surface area (Å²) in [5.74, 6) is 1.05. The molecule has 0 bridgehead atoms. The number of hydrogen-bond donors (Lipinski definition) is 0. The first-order valence-electron chi connectivity index (χ1n) is 11.4. The Labute approximate surface area is 178 Å². The second-order valence-electron chi connectivity index (χ2n) is 9.02. The molecule has 0 N–H and O–H groups in total. The highest BCUT2D eigenvalue weighted by atomic mass is 16.5. The molecule has 30 heavy (non-hydrogen) atoms. The quantitative estimate of drug-likeness (QED) is 0.496. The minimum atomic E-state index is 0.142. The minimum absolute atomic E-state index is 0.142. The second kappa shape index (κ2) is 7.59. The van der Waals surface area contributed by atoms with Gasteiger partial charge in [0.05, 0.1) is 12.7 Å². The molecule has 2 atom stereocenters. The standard InChI is InChI=1S/C28H28O2/c1-2-6-20-15-22(10-9-19(20)5-1)26-13-11-23-16-24(12-14-27(23)30-26)28-17-21-7-3-4-8-25(21)18-29-28/h3-4,7-10,12,14-16,26,28H,1-2,5-6,11,13,17-18H2. The van der Waals surface area contributed by atoms with E-state index < -0.39 is 0 Å². The zero-order valence-corrected chi connectivity index (χ0v) is 17.4. The van der Waals surface area contributed by atoms with Gasteiger partial charge in [-0.05, 0) is 89.6 Å². The summed E-state index contributed by atoms with van der Waals surface area (Å²) in [5.41, 5.74) is 9.76. The summed E-state index contributed by atoms with van der Waals surface area (Å²) >= 11 is 0. The minimum Gasteiger partial charge on any atom is -0.485 e. The van der Waals surface area contributed by atoms with Crippen LogP contribution in [0.4, 0.5) is 0 Å². The molecule has 2 unspecified atom stereocenters. The normalized spacial score (nSPS) is 22.4. The van der Waals surface area contributed by atoms with E-state index in [2.05, 4.69) is 60.7 Å². The van der Waals surface area contributed by atoms with Crippen LogP contribution in [-0.2, 0) is 37.0 Å². The number of rotatable bonds is 2. The first-order chi connectivity index (χ1) is 14.8. The first kappa shape index (κ1) is 18.2. The largest absolute Gasteiger partial charge is 0.485 e. The molecular formula is C28H28O2. The number of aryl methyl sites for hydroxylation is 3. The Morgan fingerprint density at radius 1 is 0.633 bits per heavy atom. The molecule has 0 saturated carbocycles. The van der Waals surface area contributed by atoms with Crippen LogP contribution in [0.25, 0.3) is 0 Å². The van der Waals surface area contributed by atoms with Gasteiger partial charge in [-0.1, -0.05) is 48.5 Å². The van der Waals surface area contributed by atoms with Crippen LogP contribution in [0.2, 0.25) is 0 Å². The van der Waals surface area contributed by atoms with Gasteiger partial charge in [0.25, 0.3) is 0 Å². The summed E-state index contributed by atoms with van der Waals surface area (Å²) in [7, 11) is 0. The Kier molecular flexibility index (Phi) is 4.61. The van der Waals surface area contributed by atoms with E-state index in [1.54, 1.807) is 11.1 Å². The lowest BCUT2D eigenvalue weighted by Gasteiger charge is -2.30. The molecule has 3 aromatic rings. The summed E-state index contributed by atoms with van der Waals surface area (Å²) in [6, 6.07) is 22.4. The van der Waals surface area contributed by atoms with Gasteiger partial charge in [-0.3, -0.25) is 0 Å². The Morgan fingerprint density at radius 2 is 1.40 bits per heavy atom. The molecule has 2 nitrogen and oxygen atoms in total. The Bertz CT molecular complexity index is 1080. The summed E-state index contributed by atoms with van der Waals surface area (Å²) in [4.78, 5) is 0. The SMILES string of the molecule is c1ccc2c(c1)COC(c1ccc3c(c1)CCC(c1ccc4c(c1)CCCC4)O3)C2. The molecule has 0 saturated heterocycles. The molecule has 0 fully saturated rings. The fourth-order valence-corrected chi connectivity index (χ4v) is 5.36. The van der Waals surface area contributed by atoms with Crippen LogP contribution in [-0.4, -0.2) is 0 Å². The summed E-state index contributed by atoms with van der Waals surface area (Å²) < 4.78 is 12.7. The van der Waals surface area contributed by atoms with Gasteiger partial charge in [0, 0.05) is 6.42 Å². The van der Waals surface area contributed by atoms with Crippen LogP contribution in [0.5, 0.6) is 5.75 Å². The van der Waals surface area contributed by atoms with Gasteiger partial charge in [0.2, 0.25) is 0 Å². The van der Waals surface area contributed by atoms with Gasteiger partial charge in [0.1, 0.15) is 11.9 Å². The highest BCUT2D eigenvalue weighted by Crippen LogP contribution is 2.39. The van der Waals surface area contributed by atoms with Crippen molar-refractivity contribution in [3.63, 3.8) is 0 Å². The van der Waals surface area contributed by atoms with Crippen LogP contribution in [0.3, 0.4) is 0 Å². The lowest BCUT2D eigenvalue weighted by atomic mass is 9.88. The number of ether oxygens (including phenoxy) is 2. The zero-order valence-electron chi connectivity index (χ0n) is 17.4. The van der Waals surface area contributed by atoms with E-state index in [0.29, 0.717) is 6.61 Å². The van der Waals surface area contributed by atoms with Crippen molar-refractivity contribution >= 4 is 0 Å². The molecule has 2 aliphatic heterocycles. The number of hydrogen-bond acceptors (Lipinski definition) is 2. The molecular weight excluding hydrogens is 368 g/mol. The third-order valence-electron chi connectivity index (χ3n) is 7.11. The summed E-state index contributed by atoms with van der Waals surface area (Å²) in [6.07, 6.45) is 8.49. The molecule has 3 aliphatic rings. The van der Waals surface area contributed by atoms with E-state index in [-0.39, 0.29) is 12.2 Å². The van der Waals surface area contributed by atoms with Crippen molar-refractivity contribution < 1.29 is 9.47 Å². The predicted octanol–water partition coefficient (Wildman–Crippen LogP) is 6.45.